The largest absolute Gasteiger partial charge is 0.326 e. The average Bonchev–Trinajstić information content (AvgIpc) is 2.08. The average molecular weight is 174 g/mol. The van der Waals surface area contributed by atoms with Crippen LogP contribution in [0.5, 0.6) is 0 Å². The molecule has 1 N–H and O–H groups in total. The molecule has 0 radical (unpaired) electrons. The van der Waals surface area contributed by atoms with Crippen LogP contribution in [0.25, 0.3) is 0 Å². The van der Waals surface area contributed by atoms with Crippen LogP contribution in [-0.2, 0) is 9.09 Å². The summed E-state index contributed by atoms with van der Waals surface area (Å²) in [5, 5.41) is 0. The Bertz CT molecular complexity index is 131. The van der Waals surface area contributed by atoms with Gasteiger partial charge >= 0.3 is 8.25 Å². The van der Waals surface area contributed by atoms with E-state index in [1.54, 1.807) is 0 Å². The van der Waals surface area contributed by atoms with Crippen LogP contribution in [0.3, 0.4) is 0 Å². The molecule has 0 aromatic rings. The maximum atomic E-state index is 9.67. The van der Waals surface area contributed by atoms with Crippen molar-refractivity contribution in [3.05, 3.63) is 12.7 Å². The monoisotopic (exact) mass is 174 g/mol. The van der Waals surface area contributed by atoms with Gasteiger partial charge in [-0.1, -0.05) is 6.08 Å². The molecule has 0 spiro atoms. The van der Waals surface area contributed by atoms with E-state index in [1.807, 2.05) is 0 Å². The van der Waals surface area contributed by atoms with E-state index in [0.717, 1.165) is 0 Å². The number of terminal acetylenes is 2. The van der Waals surface area contributed by atoms with Gasteiger partial charge in [0.1, 0.15) is 0 Å². The normalized spacial score (nSPS) is 8.82. The van der Waals surface area contributed by atoms with E-state index >= 15 is 0 Å². The first-order chi connectivity index (χ1) is 5.27. The molecule has 0 aliphatic rings. The second-order valence-electron chi connectivity index (χ2n) is 0.866. The van der Waals surface area contributed by atoms with E-state index in [4.69, 9.17) is 4.89 Å². The Balaban J connectivity index is -0.000000138. The summed E-state index contributed by atoms with van der Waals surface area (Å²) >= 11 is 0. The van der Waals surface area contributed by atoms with Crippen LogP contribution in [0.2, 0.25) is 0 Å². The highest BCUT2D eigenvalue weighted by Gasteiger charge is 1.83. The van der Waals surface area contributed by atoms with Crippen molar-refractivity contribution in [3.63, 3.8) is 0 Å². The van der Waals surface area contributed by atoms with Crippen molar-refractivity contribution >= 4 is 8.25 Å². The summed E-state index contributed by atoms with van der Waals surface area (Å²) in [6.45, 7) is 3.42. The van der Waals surface area contributed by atoms with Crippen LogP contribution in [0.1, 0.15) is 0 Å². The Labute approximate surface area is 68.0 Å². The van der Waals surface area contributed by atoms with Crippen molar-refractivity contribution in [1.29, 1.82) is 0 Å². The van der Waals surface area contributed by atoms with Crippen molar-refractivity contribution in [2.45, 2.75) is 0 Å². The smallest absolute Gasteiger partial charge is 0.316 e. The quantitative estimate of drug-likeness (QED) is 0.395. The van der Waals surface area contributed by atoms with Gasteiger partial charge in [-0.05, 0) is 0 Å². The van der Waals surface area contributed by atoms with Crippen molar-refractivity contribution in [3.8, 4) is 25.7 Å². The highest BCUT2D eigenvalue weighted by Crippen LogP contribution is 2.12. The molecule has 4 heteroatoms. The van der Waals surface area contributed by atoms with Crippen LogP contribution >= 0.6 is 8.25 Å². The highest BCUT2D eigenvalue weighted by molar-refractivity contribution is 7.32. The van der Waals surface area contributed by atoms with E-state index in [-0.39, 0.29) is 6.61 Å². The maximum absolute atomic E-state index is 9.67. The Hall–Kier alpha value is -0.990. The molecule has 3 nitrogen and oxygen atoms in total. The summed E-state index contributed by atoms with van der Waals surface area (Å²) in [4.78, 5) is 7.96. The molecule has 1 atom stereocenters. The van der Waals surface area contributed by atoms with Crippen LogP contribution in [0, 0.1) is 25.7 Å². The molecule has 62 valence electrons. The van der Waals surface area contributed by atoms with E-state index < -0.39 is 8.25 Å². The highest BCUT2D eigenvalue weighted by atomic mass is 31.1. The van der Waals surface area contributed by atoms with Gasteiger partial charge in [0.25, 0.3) is 0 Å². The fourth-order valence-corrected chi connectivity index (χ4v) is 0.391. The van der Waals surface area contributed by atoms with Gasteiger partial charge < -0.3 is 9.42 Å². The van der Waals surface area contributed by atoms with Gasteiger partial charge in [0.15, 0.2) is 0 Å². The summed E-state index contributed by atoms with van der Waals surface area (Å²) in [5.41, 5.74) is 0. The summed E-state index contributed by atoms with van der Waals surface area (Å²) in [6, 6.07) is 0. The first-order valence-electron chi connectivity index (χ1n) is 2.40. The molecule has 0 fully saturated rings. The minimum absolute atomic E-state index is 0.147. The standard InChI is InChI=1S/C3H7O3P.2C2H2/c1-2-3-6-7(4)5;2*1-2/h2,7H,1,3H2,(H,4,5);2*1-2H. The van der Waals surface area contributed by atoms with Crippen molar-refractivity contribution in [2.75, 3.05) is 6.61 Å². The molecule has 1 unspecified atom stereocenters. The zero-order valence-electron chi connectivity index (χ0n) is 6.06. The van der Waals surface area contributed by atoms with Crippen LogP contribution in [-0.4, -0.2) is 11.5 Å². The second-order valence-corrected chi connectivity index (χ2v) is 1.69. The topological polar surface area (TPSA) is 46.5 Å². The lowest BCUT2D eigenvalue weighted by molar-refractivity contribution is 0.312. The molecule has 11 heavy (non-hydrogen) atoms. The molecule has 0 rings (SSSR count). The Morgan fingerprint density at radius 2 is 1.82 bits per heavy atom. The zero-order chi connectivity index (χ0) is 9.70. The van der Waals surface area contributed by atoms with Gasteiger partial charge in [-0.25, -0.2) is 0 Å². The number of hydrogen-bond acceptors (Lipinski definition) is 2. The summed E-state index contributed by atoms with van der Waals surface area (Å²) in [7, 11) is -2.72. The van der Waals surface area contributed by atoms with Crippen molar-refractivity contribution in [1.82, 2.24) is 0 Å². The third-order valence-electron chi connectivity index (χ3n) is 0.325. The molecule has 0 amide bonds. The first kappa shape index (κ1) is 16.5. The fourth-order valence-electron chi connectivity index (χ4n) is 0.130. The molecular weight excluding hydrogens is 163 g/mol. The van der Waals surface area contributed by atoms with Crippen LogP contribution in [0.4, 0.5) is 0 Å². The second kappa shape index (κ2) is 23.0. The molecule has 0 aromatic heterocycles. The van der Waals surface area contributed by atoms with Gasteiger partial charge in [0.05, 0.1) is 6.61 Å². The van der Waals surface area contributed by atoms with Gasteiger partial charge in [-0.15, -0.1) is 32.3 Å². The maximum Gasteiger partial charge on any atom is 0.316 e. The first-order valence-corrected chi connectivity index (χ1v) is 3.67. The summed E-state index contributed by atoms with van der Waals surface area (Å²) in [5.74, 6) is 0. The fraction of sp³-hybridized carbons (Fsp3) is 0.143. The lowest BCUT2D eigenvalue weighted by Gasteiger charge is -1.88. The minimum Gasteiger partial charge on any atom is -0.326 e. The molecule has 0 aliphatic heterocycles. The van der Waals surface area contributed by atoms with Gasteiger partial charge in [0.2, 0.25) is 0 Å². The molecule has 0 aromatic carbocycles. The van der Waals surface area contributed by atoms with Crippen LogP contribution < -0.4 is 0 Å². The SMILES string of the molecule is C#C.C#C.C=CCO[PH](=O)O. The van der Waals surface area contributed by atoms with Gasteiger partial charge in [-0.3, -0.25) is 4.57 Å². The van der Waals surface area contributed by atoms with E-state index in [2.05, 4.69) is 36.8 Å². The molecule has 0 saturated heterocycles. The Morgan fingerprint density at radius 1 is 1.45 bits per heavy atom. The van der Waals surface area contributed by atoms with Crippen molar-refractivity contribution in [2.24, 2.45) is 0 Å². The zero-order valence-corrected chi connectivity index (χ0v) is 7.06. The molecule has 0 aliphatic carbocycles. The van der Waals surface area contributed by atoms with Crippen molar-refractivity contribution < 1.29 is 14.0 Å². The summed E-state index contributed by atoms with van der Waals surface area (Å²) < 4.78 is 13.8. The minimum atomic E-state index is -2.72. The van der Waals surface area contributed by atoms with Gasteiger partial charge in [0, 0.05) is 0 Å². The predicted molar refractivity (Wildman–Crippen MR) is 47.1 cm³/mol. The summed E-state index contributed by atoms with van der Waals surface area (Å²) in [6.07, 6.45) is 17.4. The van der Waals surface area contributed by atoms with E-state index in [0.29, 0.717) is 0 Å². The molecule has 0 saturated carbocycles. The lowest BCUT2D eigenvalue weighted by Crippen LogP contribution is -1.75. The van der Waals surface area contributed by atoms with Gasteiger partial charge in [-0.2, -0.15) is 0 Å². The predicted octanol–water partition coefficient (Wildman–Crippen LogP) is 1.07. The Morgan fingerprint density at radius 3 is 1.91 bits per heavy atom. The molecule has 0 bridgehead atoms. The molecule has 0 heterocycles. The number of hydrogen-bond donors (Lipinski definition) is 1. The lowest BCUT2D eigenvalue weighted by atomic mass is 10.7. The Kier molecular flexibility index (Phi) is 34.6. The third-order valence-corrected chi connectivity index (χ3v) is 0.738. The molecular formula is C7H11O3P. The number of rotatable bonds is 3. The third kappa shape index (κ3) is 48.9. The van der Waals surface area contributed by atoms with Crippen LogP contribution in [0.15, 0.2) is 12.7 Å². The van der Waals surface area contributed by atoms with E-state index in [1.165, 1.54) is 6.08 Å². The van der Waals surface area contributed by atoms with E-state index in [9.17, 15) is 4.57 Å².